The van der Waals surface area contributed by atoms with E-state index in [1.165, 1.54) is 32.0 Å². The molecule has 6 heteroatoms. The number of hydrogen-bond donors (Lipinski definition) is 2. The number of hydroxylamine groups is 1. The molecule has 1 aliphatic rings. The van der Waals surface area contributed by atoms with E-state index >= 15 is 0 Å². The Labute approximate surface area is 99.8 Å². The van der Waals surface area contributed by atoms with Crippen molar-refractivity contribution in [1.29, 1.82) is 0 Å². The molecular formula is C10H16ClN3O2. The highest BCUT2D eigenvalue weighted by Gasteiger charge is 2.15. The topological polar surface area (TPSA) is 67.3 Å². The Kier molecular flexibility index (Phi) is 6.07. The second-order valence-electron chi connectivity index (χ2n) is 3.38. The van der Waals surface area contributed by atoms with Crippen molar-refractivity contribution in [2.24, 2.45) is 0 Å². The van der Waals surface area contributed by atoms with E-state index in [1.807, 2.05) is 0 Å². The predicted molar refractivity (Wildman–Crippen MR) is 61.2 cm³/mol. The fourth-order valence-electron chi connectivity index (χ4n) is 1.56. The number of aliphatic hydroxyl groups is 1. The Morgan fingerprint density at radius 3 is 2.69 bits per heavy atom. The van der Waals surface area contributed by atoms with Gasteiger partial charge in [-0.05, 0) is 12.8 Å². The summed E-state index contributed by atoms with van der Waals surface area (Å²) in [5.74, 6) is 0.469. The first kappa shape index (κ1) is 13.2. The quantitative estimate of drug-likeness (QED) is 0.625. The van der Waals surface area contributed by atoms with Crippen molar-refractivity contribution in [3.05, 3.63) is 17.5 Å². The van der Waals surface area contributed by atoms with Gasteiger partial charge in [0.05, 0.1) is 0 Å². The summed E-state index contributed by atoms with van der Waals surface area (Å²) >= 11 is 5.68. The molecule has 0 aromatic carbocycles. The molecule has 1 saturated carbocycles. The maximum absolute atomic E-state index is 7.00. The lowest BCUT2D eigenvalue weighted by Gasteiger charge is -2.11. The van der Waals surface area contributed by atoms with Crippen molar-refractivity contribution in [3.63, 3.8) is 0 Å². The first-order valence-electron chi connectivity index (χ1n) is 5.19. The summed E-state index contributed by atoms with van der Waals surface area (Å²) < 4.78 is 0. The Morgan fingerprint density at radius 1 is 1.38 bits per heavy atom. The van der Waals surface area contributed by atoms with Gasteiger partial charge in [0.1, 0.15) is 11.5 Å². The van der Waals surface area contributed by atoms with Crippen molar-refractivity contribution in [2.75, 3.05) is 7.11 Å². The molecule has 0 amide bonds. The van der Waals surface area contributed by atoms with E-state index < -0.39 is 0 Å². The Morgan fingerprint density at radius 2 is 2.06 bits per heavy atom. The number of rotatable bonds is 3. The molecule has 5 nitrogen and oxygen atoms in total. The van der Waals surface area contributed by atoms with Crippen molar-refractivity contribution in [1.82, 2.24) is 15.4 Å². The molecule has 0 unspecified atom stereocenters. The normalized spacial score (nSPS) is 15.4. The third-order valence-electron chi connectivity index (χ3n) is 2.29. The zero-order chi connectivity index (χ0) is 11.8. The van der Waals surface area contributed by atoms with Crippen molar-refractivity contribution < 1.29 is 9.94 Å². The Hall–Kier alpha value is -0.910. The lowest BCUT2D eigenvalue weighted by Crippen LogP contribution is -2.29. The first-order chi connectivity index (χ1) is 7.84. The number of nitrogens with one attached hydrogen (secondary N) is 1. The van der Waals surface area contributed by atoms with Gasteiger partial charge in [0.2, 0.25) is 5.88 Å². The largest absolute Gasteiger partial charge is 0.400 e. The molecule has 90 valence electrons. The molecule has 1 aromatic rings. The maximum Gasteiger partial charge on any atom is 0.242 e. The molecule has 0 saturated heterocycles. The van der Waals surface area contributed by atoms with Gasteiger partial charge in [-0.25, -0.2) is 4.98 Å². The van der Waals surface area contributed by atoms with Crippen molar-refractivity contribution in [3.8, 4) is 5.88 Å². The molecule has 0 aliphatic heterocycles. The highest BCUT2D eigenvalue weighted by Crippen LogP contribution is 2.18. The van der Waals surface area contributed by atoms with E-state index in [0.29, 0.717) is 17.1 Å². The second-order valence-corrected chi connectivity index (χ2v) is 3.77. The van der Waals surface area contributed by atoms with Crippen LogP contribution in [0.1, 0.15) is 25.7 Å². The summed E-state index contributed by atoms with van der Waals surface area (Å²) in [6, 6.07) is 2.03. The van der Waals surface area contributed by atoms with Crippen LogP contribution in [0.3, 0.4) is 0 Å². The molecule has 0 bridgehead atoms. The zero-order valence-electron chi connectivity index (χ0n) is 9.19. The number of aromatic nitrogens is 2. The summed E-state index contributed by atoms with van der Waals surface area (Å²) in [7, 11) is 1.00. The molecule has 1 aromatic heterocycles. The molecule has 0 spiro atoms. The Balaban J connectivity index is 0.000000606. The number of nitrogens with zero attached hydrogens (tertiary/aromatic N) is 2. The van der Waals surface area contributed by atoms with Crippen LogP contribution in [0.15, 0.2) is 12.4 Å². The first-order valence-corrected chi connectivity index (χ1v) is 5.57. The molecule has 1 fully saturated rings. The van der Waals surface area contributed by atoms with Gasteiger partial charge in [-0.1, -0.05) is 24.4 Å². The third kappa shape index (κ3) is 4.30. The standard InChI is InChI=1S/C9H12ClN3O.CH4O/c10-8-5-9(12-6-11-8)14-13-7-3-1-2-4-7;1-2/h5-7,13H,1-4H2;2H,1H3. The summed E-state index contributed by atoms with van der Waals surface area (Å²) in [5.41, 5.74) is 2.98. The maximum atomic E-state index is 7.00. The van der Waals surface area contributed by atoms with E-state index in [1.54, 1.807) is 6.07 Å². The minimum Gasteiger partial charge on any atom is -0.400 e. The van der Waals surface area contributed by atoms with E-state index in [-0.39, 0.29) is 0 Å². The summed E-state index contributed by atoms with van der Waals surface area (Å²) in [6.45, 7) is 0. The number of aliphatic hydroxyl groups excluding tert-OH is 1. The molecule has 0 radical (unpaired) electrons. The Bertz CT molecular complexity index is 306. The van der Waals surface area contributed by atoms with Gasteiger partial charge in [-0.3, -0.25) is 0 Å². The van der Waals surface area contributed by atoms with Crippen LogP contribution in [0.2, 0.25) is 5.15 Å². The molecule has 1 heterocycles. The summed E-state index contributed by atoms with van der Waals surface area (Å²) in [4.78, 5) is 13.0. The predicted octanol–water partition coefficient (Wildman–Crippen LogP) is 1.56. The second kappa shape index (κ2) is 7.38. The molecular weight excluding hydrogens is 230 g/mol. The SMILES string of the molecule is CO.Clc1cc(ONC2CCCC2)ncn1. The van der Waals surface area contributed by atoms with E-state index in [9.17, 15) is 0 Å². The fraction of sp³-hybridized carbons (Fsp3) is 0.600. The van der Waals surface area contributed by atoms with E-state index in [2.05, 4.69) is 15.4 Å². The van der Waals surface area contributed by atoms with Crippen LogP contribution < -0.4 is 10.3 Å². The third-order valence-corrected chi connectivity index (χ3v) is 2.50. The van der Waals surface area contributed by atoms with Crippen LogP contribution in [-0.4, -0.2) is 28.2 Å². The number of halogens is 1. The van der Waals surface area contributed by atoms with E-state index in [4.69, 9.17) is 21.5 Å². The lowest BCUT2D eigenvalue weighted by molar-refractivity contribution is 0.149. The minimum atomic E-state index is 0.392. The molecule has 1 aliphatic carbocycles. The van der Waals surface area contributed by atoms with Gasteiger partial charge in [-0.15, -0.1) is 0 Å². The highest BCUT2D eigenvalue weighted by atomic mass is 35.5. The van der Waals surface area contributed by atoms with Crippen LogP contribution in [0.25, 0.3) is 0 Å². The highest BCUT2D eigenvalue weighted by molar-refractivity contribution is 6.29. The van der Waals surface area contributed by atoms with Gasteiger partial charge in [-0.2, -0.15) is 10.5 Å². The van der Waals surface area contributed by atoms with Gasteiger partial charge in [0.15, 0.2) is 0 Å². The summed E-state index contributed by atoms with van der Waals surface area (Å²) in [5, 5.41) is 7.39. The smallest absolute Gasteiger partial charge is 0.242 e. The van der Waals surface area contributed by atoms with Crippen molar-refractivity contribution in [2.45, 2.75) is 31.7 Å². The molecule has 16 heavy (non-hydrogen) atoms. The average Bonchev–Trinajstić information content (AvgIpc) is 2.82. The molecule has 0 atom stereocenters. The lowest BCUT2D eigenvalue weighted by atomic mass is 10.3. The van der Waals surface area contributed by atoms with Crippen LogP contribution >= 0.6 is 11.6 Å². The molecule has 2 rings (SSSR count). The molecule has 2 N–H and O–H groups in total. The van der Waals surface area contributed by atoms with Crippen LogP contribution in [0.4, 0.5) is 0 Å². The monoisotopic (exact) mass is 245 g/mol. The van der Waals surface area contributed by atoms with Gasteiger partial charge < -0.3 is 9.94 Å². The van der Waals surface area contributed by atoms with Crippen molar-refractivity contribution >= 4 is 11.6 Å². The summed E-state index contributed by atoms with van der Waals surface area (Å²) in [6.07, 6.45) is 6.25. The average molecular weight is 246 g/mol. The fourth-order valence-corrected chi connectivity index (χ4v) is 1.70. The van der Waals surface area contributed by atoms with Gasteiger partial charge in [0, 0.05) is 19.2 Å². The van der Waals surface area contributed by atoms with E-state index in [0.717, 1.165) is 7.11 Å². The van der Waals surface area contributed by atoms with Crippen LogP contribution in [0.5, 0.6) is 5.88 Å². The minimum absolute atomic E-state index is 0.392. The van der Waals surface area contributed by atoms with Gasteiger partial charge >= 0.3 is 0 Å². The zero-order valence-corrected chi connectivity index (χ0v) is 9.94. The van der Waals surface area contributed by atoms with Crippen LogP contribution in [-0.2, 0) is 0 Å². The number of hydrogen-bond acceptors (Lipinski definition) is 5. The van der Waals surface area contributed by atoms with Crippen LogP contribution in [0, 0.1) is 0 Å². The van der Waals surface area contributed by atoms with Gasteiger partial charge in [0.25, 0.3) is 0 Å².